The zero-order valence-electron chi connectivity index (χ0n) is 16.0. The number of likely N-dealkylation sites (tertiary alicyclic amines) is 1. The Kier molecular flexibility index (Phi) is 4.53. The summed E-state index contributed by atoms with van der Waals surface area (Å²) >= 11 is 0. The van der Waals surface area contributed by atoms with Crippen LogP contribution in [0.4, 0.5) is 4.79 Å². The maximum Gasteiger partial charge on any atom is 0.411 e. The molecule has 2 amide bonds. The van der Waals surface area contributed by atoms with Crippen molar-refractivity contribution >= 4 is 18.0 Å². The number of nitrogens with zero attached hydrogens (tertiary/aromatic N) is 1. The molecule has 0 aromatic rings. The summed E-state index contributed by atoms with van der Waals surface area (Å²) in [5, 5.41) is 3.13. The normalized spacial score (nSPS) is 29.5. The molecule has 26 heavy (non-hydrogen) atoms. The molecule has 7 nitrogen and oxygen atoms in total. The minimum absolute atomic E-state index is 0.0819. The summed E-state index contributed by atoms with van der Waals surface area (Å²) in [5.41, 5.74) is -1.72. The Morgan fingerprint density at radius 1 is 1.31 bits per heavy atom. The molecule has 2 aliphatic heterocycles. The number of hydrogen-bond donors (Lipinski definition) is 1. The van der Waals surface area contributed by atoms with Crippen molar-refractivity contribution in [1.29, 1.82) is 0 Å². The molecule has 0 radical (unpaired) electrons. The molecule has 0 aromatic heterocycles. The lowest BCUT2D eigenvalue weighted by atomic mass is 9.77. The van der Waals surface area contributed by atoms with E-state index in [1.165, 1.54) is 4.90 Å². The number of ether oxygens (including phenoxy) is 2. The molecule has 2 spiro atoms. The molecule has 3 rings (SSSR count). The lowest BCUT2D eigenvalue weighted by Crippen LogP contribution is -2.44. The minimum atomic E-state index is -0.792. The van der Waals surface area contributed by atoms with E-state index in [1.807, 2.05) is 0 Å². The Morgan fingerprint density at radius 2 is 1.96 bits per heavy atom. The molecule has 1 aliphatic carbocycles. The highest BCUT2D eigenvalue weighted by molar-refractivity contribution is 5.91. The first-order valence-corrected chi connectivity index (χ1v) is 9.24. The van der Waals surface area contributed by atoms with E-state index in [9.17, 15) is 14.4 Å². The molecule has 1 N–H and O–H groups in total. The lowest BCUT2D eigenvalue weighted by Gasteiger charge is -2.28. The van der Waals surface area contributed by atoms with Crippen LogP contribution in [0.15, 0.2) is 12.2 Å². The van der Waals surface area contributed by atoms with E-state index >= 15 is 0 Å². The molecule has 0 saturated carbocycles. The second-order valence-electron chi connectivity index (χ2n) is 8.65. The van der Waals surface area contributed by atoms with E-state index < -0.39 is 29.1 Å². The molecule has 0 bridgehead atoms. The summed E-state index contributed by atoms with van der Waals surface area (Å²) in [4.78, 5) is 39.4. The monoisotopic (exact) mass is 364 g/mol. The molecule has 2 heterocycles. The Bertz CT molecular complexity index is 643. The number of carbonyl (C=O) groups excluding carboxylic acids is 3. The van der Waals surface area contributed by atoms with Crippen LogP contribution in [-0.2, 0) is 19.1 Å². The van der Waals surface area contributed by atoms with Gasteiger partial charge in [-0.2, -0.15) is 0 Å². The zero-order valence-corrected chi connectivity index (χ0v) is 16.0. The predicted molar refractivity (Wildman–Crippen MR) is 94.3 cm³/mol. The van der Waals surface area contributed by atoms with Gasteiger partial charge < -0.3 is 14.8 Å². The minimum Gasteiger partial charge on any atom is -0.464 e. The quantitative estimate of drug-likeness (QED) is 0.599. The molecular weight excluding hydrogens is 336 g/mol. The first kappa shape index (κ1) is 18.7. The molecule has 3 aliphatic rings. The highest BCUT2D eigenvalue weighted by Crippen LogP contribution is 2.49. The number of hydrogen-bond acceptors (Lipinski definition) is 5. The first-order chi connectivity index (χ1) is 12.1. The van der Waals surface area contributed by atoms with Crippen LogP contribution >= 0.6 is 0 Å². The van der Waals surface area contributed by atoms with Gasteiger partial charge in [0.25, 0.3) is 0 Å². The van der Waals surface area contributed by atoms with Crippen molar-refractivity contribution in [3.63, 3.8) is 0 Å². The van der Waals surface area contributed by atoms with Crippen LogP contribution < -0.4 is 5.32 Å². The van der Waals surface area contributed by atoms with Gasteiger partial charge in [0.05, 0.1) is 12.0 Å². The van der Waals surface area contributed by atoms with Crippen molar-refractivity contribution in [3.8, 4) is 0 Å². The SMILES string of the molecule is CCOC(=O)[C@@H]1C[C@]2(CN1C(=O)OC(C)(C)C)CC1(CC=CC1)NC2=O. The van der Waals surface area contributed by atoms with Crippen LogP contribution in [0.1, 0.15) is 53.4 Å². The lowest BCUT2D eigenvalue weighted by molar-refractivity contribution is -0.148. The first-order valence-electron chi connectivity index (χ1n) is 9.24. The second-order valence-corrected chi connectivity index (χ2v) is 8.65. The predicted octanol–water partition coefficient (Wildman–Crippen LogP) is 2.15. The molecular formula is C19H28N2O5. The maximum absolute atomic E-state index is 12.9. The van der Waals surface area contributed by atoms with Crippen molar-refractivity contribution in [2.45, 2.75) is 70.6 Å². The number of amides is 2. The third-order valence-electron chi connectivity index (χ3n) is 5.34. The van der Waals surface area contributed by atoms with Gasteiger partial charge in [-0.05, 0) is 53.4 Å². The molecule has 7 heteroatoms. The van der Waals surface area contributed by atoms with E-state index in [-0.39, 0.29) is 31.0 Å². The fourth-order valence-corrected chi connectivity index (χ4v) is 4.33. The van der Waals surface area contributed by atoms with Crippen LogP contribution in [0.5, 0.6) is 0 Å². The Labute approximate surface area is 154 Å². The van der Waals surface area contributed by atoms with Gasteiger partial charge >= 0.3 is 12.1 Å². The fraction of sp³-hybridized carbons (Fsp3) is 0.737. The molecule has 0 unspecified atom stereocenters. The Hall–Kier alpha value is -2.05. The van der Waals surface area contributed by atoms with Crippen molar-refractivity contribution in [3.05, 3.63) is 12.2 Å². The van der Waals surface area contributed by atoms with Crippen molar-refractivity contribution < 1.29 is 23.9 Å². The van der Waals surface area contributed by atoms with Crippen molar-refractivity contribution in [1.82, 2.24) is 10.2 Å². The number of esters is 1. The van der Waals surface area contributed by atoms with Crippen LogP contribution in [0.2, 0.25) is 0 Å². The van der Waals surface area contributed by atoms with Gasteiger partial charge in [0.1, 0.15) is 11.6 Å². The fourth-order valence-electron chi connectivity index (χ4n) is 4.33. The van der Waals surface area contributed by atoms with Crippen LogP contribution in [0.3, 0.4) is 0 Å². The number of carbonyl (C=O) groups is 3. The van der Waals surface area contributed by atoms with Gasteiger partial charge in [-0.1, -0.05) is 12.2 Å². The third kappa shape index (κ3) is 3.31. The maximum atomic E-state index is 12.9. The average molecular weight is 364 g/mol. The van der Waals surface area contributed by atoms with Gasteiger partial charge in [0.15, 0.2) is 0 Å². The van der Waals surface area contributed by atoms with Crippen LogP contribution in [0.25, 0.3) is 0 Å². The van der Waals surface area contributed by atoms with E-state index in [2.05, 4.69) is 17.5 Å². The van der Waals surface area contributed by atoms with Gasteiger partial charge in [-0.3, -0.25) is 9.69 Å². The summed E-state index contributed by atoms with van der Waals surface area (Å²) in [5.74, 6) is -0.560. The summed E-state index contributed by atoms with van der Waals surface area (Å²) in [6.45, 7) is 7.46. The zero-order chi connectivity index (χ0) is 19.2. The molecule has 0 aromatic carbocycles. The average Bonchev–Trinajstić information content (AvgIpc) is 3.18. The third-order valence-corrected chi connectivity index (χ3v) is 5.34. The van der Waals surface area contributed by atoms with E-state index in [4.69, 9.17) is 9.47 Å². The highest BCUT2D eigenvalue weighted by atomic mass is 16.6. The number of rotatable bonds is 2. The Morgan fingerprint density at radius 3 is 2.54 bits per heavy atom. The molecule has 144 valence electrons. The van der Waals surface area contributed by atoms with Crippen molar-refractivity contribution in [2.24, 2.45) is 5.41 Å². The van der Waals surface area contributed by atoms with Crippen molar-refractivity contribution in [2.75, 3.05) is 13.2 Å². The molecule has 2 atom stereocenters. The molecule has 2 fully saturated rings. The van der Waals surface area contributed by atoms with Gasteiger partial charge in [-0.15, -0.1) is 0 Å². The van der Waals surface area contributed by atoms with Gasteiger partial charge in [0.2, 0.25) is 5.91 Å². The highest BCUT2D eigenvalue weighted by Gasteiger charge is 2.61. The summed E-state index contributed by atoms with van der Waals surface area (Å²) < 4.78 is 10.6. The van der Waals surface area contributed by atoms with Crippen LogP contribution in [-0.4, -0.2) is 53.2 Å². The van der Waals surface area contributed by atoms with Crippen LogP contribution in [0, 0.1) is 5.41 Å². The number of nitrogens with one attached hydrogen (secondary N) is 1. The largest absolute Gasteiger partial charge is 0.464 e. The van der Waals surface area contributed by atoms with Gasteiger partial charge in [-0.25, -0.2) is 9.59 Å². The van der Waals surface area contributed by atoms with E-state index in [0.717, 1.165) is 12.8 Å². The van der Waals surface area contributed by atoms with E-state index in [1.54, 1.807) is 27.7 Å². The van der Waals surface area contributed by atoms with Gasteiger partial charge in [0, 0.05) is 12.1 Å². The summed E-state index contributed by atoms with van der Waals surface area (Å²) in [7, 11) is 0. The second kappa shape index (κ2) is 6.28. The standard InChI is InChI=1S/C19H28N2O5/c1-5-25-14(22)13-10-18(12-21(13)16(24)26-17(2,3)4)11-19(20-15(18)23)8-6-7-9-19/h6-7,13H,5,8-12H2,1-4H3,(H,20,23)/t13-,18+/m0/s1. The summed E-state index contributed by atoms with van der Waals surface area (Å²) in [6, 6.07) is -0.792. The van der Waals surface area contributed by atoms with E-state index in [0.29, 0.717) is 6.42 Å². The topological polar surface area (TPSA) is 84.9 Å². The molecule has 2 saturated heterocycles. The Balaban J connectivity index is 1.85. The smallest absolute Gasteiger partial charge is 0.411 e. The summed E-state index contributed by atoms with van der Waals surface area (Å²) in [6.07, 6.45) is 6.03.